The number of hydrogen-bond acceptors (Lipinski definition) is 5. The minimum atomic E-state index is -4.24. The van der Waals surface area contributed by atoms with E-state index in [2.05, 4.69) is 9.13 Å². The van der Waals surface area contributed by atoms with E-state index in [1.165, 1.54) is 12.1 Å². The molecule has 0 aliphatic heterocycles. The lowest BCUT2D eigenvalue weighted by Gasteiger charge is -2.09. The van der Waals surface area contributed by atoms with Gasteiger partial charge in [-0.15, -0.1) is 0 Å². The normalized spacial score (nSPS) is 10.6. The second kappa shape index (κ2) is 5.57. The highest BCUT2D eigenvalue weighted by Gasteiger charge is 2.25. The topological polar surface area (TPSA) is 89.9 Å². The number of sulfonamides is 1. The van der Waals surface area contributed by atoms with E-state index in [1.807, 2.05) is 0 Å². The lowest BCUT2D eigenvalue weighted by atomic mass is 10.1. The summed E-state index contributed by atoms with van der Waals surface area (Å²) in [5, 5.41) is 0. The highest BCUT2D eigenvalue weighted by Crippen LogP contribution is 2.24. The van der Waals surface area contributed by atoms with Crippen LogP contribution in [0.3, 0.4) is 0 Å². The van der Waals surface area contributed by atoms with E-state index in [4.69, 9.17) is 0 Å². The van der Waals surface area contributed by atoms with Crippen LogP contribution >= 0.6 is 0 Å². The number of hydrogen-bond donors (Lipinski definition) is 0. The van der Waals surface area contributed by atoms with Crippen molar-refractivity contribution in [2.45, 2.75) is 18.2 Å². The summed E-state index contributed by atoms with van der Waals surface area (Å²) in [4.78, 5) is 21.4. The second-order valence-electron chi connectivity index (χ2n) is 3.30. The van der Waals surface area contributed by atoms with Gasteiger partial charge in [0.15, 0.2) is 0 Å². The van der Waals surface area contributed by atoms with E-state index in [-0.39, 0.29) is 10.5 Å². The van der Waals surface area contributed by atoms with E-state index in [0.717, 1.165) is 13.2 Å². The molecule has 0 bridgehead atoms. The van der Waals surface area contributed by atoms with Gasteiger partial charge in [-0.25, -0.2) is 9.59 Å². The van der Waals surface area contributed by atoms with Crippen LogP contribution in [0.2, 0.25) is 0 Å². The van der Waals surface area contributed by atoms with Crippen LogP contribution in [-0.4, -0.2) is 27.6 Å². The van der Waals surface area contributed by atoms with Crippen LogP contribution in [0.5, 0.6) is 0 Å². The molecule has 0 amide bonds. The molecule has 0 heterocycles. The van der Waals surface area contributed by atoms with Gasteiger partial charge in [0.1, 0.15) is 4.90 Å². The van der Waals surface area contributed by atoms with Crippen molar-refractivity contribution in [1.29, 1.82) is 0 Å². The van der Waals surface area contributed by atoms with Gasteiger partial charge in [-0.1, -0.05) is 23.5 Å². The third-order valence-electron chi connectivity index (χ3n) is 2.30. The molecule has 0 radical (unpaired) electrons. The predicted octanol–water partition coefficient (Wildman–Crippen LogP) is 1.06. The average molecular weight is 269 g/mol. The first-order valence-corrected chi connectivity index (χ1v) is 6.46. The lowest BCUT2D eigenvalue weighted by Crippen LogP contribution is -2.11. The zero-order valence-corrected chi connectivity index (χ0v) is 10.7. The van der Waals surface area contributed by atoms with Gasteiger partial charge in [0, 0.05) is 0 Å². The Morgan fingerprint density at radius 1 is 1.44 bits per heavy atom. The van der Waals surface area contributed by atoms with Crippen molar-refractivity contribution in [3.8, 4) is 0 Å². The number of benzene rings is 1. The smallest absolute Gasteiger partial charge is 0.339 e. The van der Waals surface area contributed by atoms with Gasteiger partial charge in [0.25, 0.3) is 16.1 Å². The van der Waals surface area contributed by atoms with Crippen molar-refractivity contribution < 1.29 is 22.7 Å². The maximum atomic E-state index is 11.8. The zero-order chi connectivity index (χ0) is 13.8. The minimum absolute atomic E-state index is 0.143. The molecule has 96 valence electrons. The van der Waals surface area contributed by atoms with Crippen LogP contribution in [0.25, 0.3) is 0 Å². The molecule has 1 aromatic carbocycles. The summed E-state index contributed by atoms with van der Waals surface area (Å²) in [5.41, 5.74) is 0.243. The number of isocyanates is 1. The van der Waals surface area contributed by atoms with Crippen molar-refractivity contribution in [3.05, 3.63) is 29.3 Å². The Morgan fingerprint density at radius 3 is 2.61 bits per heavy atom. The molecule has 0 saturated heterocycles. The molecule has 0 aliphatic rings. The number of rotatable bonds is 4. The van der Waals surface area contributed by atoms with Crippen molar-refractivity contribution in [2.75, 3.05) is 7.11 Å². The molecule has 0 N–H and O–H groups in total. The van der Waals surface area contributed by atoms with Gasteiger partial charge in [-0.05, 0) is 18.1 Å². The van der Waals surface area contributed by atoms with Crippen LogP contribution in [0, 0.1) is 0 Å². The van der Waals surface area contributed by atoms with Crippen LogP contribution in [0.4, 0.5) is 0 Å². The molecule has 0 aromatic heterocycles. The number of aryl methyl sites for hydroxylation is 1. The van der Waals surface area contributed by atoms with E-state index in [9.17, 15) is 18.0 Å². The Hall–Kier alpha value is -1.98. The Balaban J connectivity index is 3.67. The summed E-state index contributed by atoms with van der Waals surface area (Å²) in [6.07, 6.45) is 1.35. The SMILES string of the molecule is CCc1cccc(C(=O)OC)c1S(=O)(=O)N=C=O. The summed E-state index contributed by atoms with van der Waals surface area (Å²) in [6.45, 7) is 1.72. The number of esters is 1. The average Bonchev–Trinajstić information content (AvgIpc) is 2.36. The van der Waals surface area contributed by atoms with Gasteiger partial charge in [0.05, 0.1) is 12.7 Å². The number of carbonyl (C=O) groups is 1. The Kier molecular flexibility index (Phi) is 4.36. The number of carbonyl (C=O) groups excluding carboxylic acids is 2. The molecule has 7 heteroatoms. The van der Waals surface area contributed by atoms with Crippen molar-refractivity contribution in [2.24, 2.45) is 4.40 Å². The predicted molar refractivity (Wildman–Crippen MR) is 62.5 cm³/mol. The Labute approximate surface area is 104 Å². The van der Waals surface area contributed by atoms with Gasteiger partial charge in [-0.3, -0.25) is 0 Å². The van der Waals surface area contributed by atoms with E-state index < -0.39 is 16.0 Å². The van der Waals surface area contributed by atoms with E-state index in [0.29, 0.717) is 12.0 Å². The Morgan fingerprint density at radius 2 is 2.11 bits per heavy atom. The van der Waals surface area contributed by atoms with Gasteiger partial charge < -0.3 is 4.74 Å². The third-order valence-corrected chi connectivity index (χ3v) is 3.61. The minimum Gasteiger partial charge on any atom is -0.465 e. The maximum Gasteiger partial charge on any atom is 0.339 e. The molecule has 0 atom stereocenters. The highest BCUT2D eigenvalue weighted by molar-refractivity contribution is 7.90. The van der Waals surface area contributed by atoms with Gasteiger partial charge in [0.2, 0.25) is 0 Å². The largest absolute Gasteiger partial charge is 0.465 e. The zero-order valence-electron chi connectivity index (χ0n) is 9.84. The summed E-state index contributed by atoms with van der Waals surface area (Å²) in [6, 6.07) is 4.38. The molecule has 6 nitrogen and oxygen atoms in total. The van der Waals surface area contributed by atoms with Gasteiger partial charge >= 0.3 is 5.97 Å². The van der Waals surface area contributed by atoms with E-state index in [1.54, 1.807) is 13.0 Å². The second-order valence-corrected chi connectivity index (χ2v) is 4.84. The van der Waals surface area contributed by atoms with Crippen molar-refractivity contribution in [3.63, 3.8) is 0 Å². The molecular formula is C11H11NO5S. The van der Waals surface area contributed by atoms with Crippen LogP contribution in [-0.2, 0) is 26.0 Å². The van der Waals surface area contributed by atoms with E-state index >= 15 is 0 Å². The molecule has 0 unspecified atom stereocenters. The standard InChI is InChI=1S/C11H11NO5S/c1-3-8-5-4-6-9(11(14)17-2)10(8)18(15,16)12-7-13/h4-6H,3H2,1-2H3. The summed E-state index contributed by atoms with van der Waals surface area (Å²) < 4.78 is 30.9. The molecule has 0 saturated carbocycles. The Bertz CT molecular complexity index is 614. The molecule has 1 aromatic rings. The maximum absolute atomic E-state index is 11.8. The molecule has 0 spiro atoms. The van der Waals surface area contributed by atoms with Crippen LogP contribution in [0.15, 0.2) is 27.5 Å². The molecule has 1 rings (SSSR count). The van der Waals surface area contributed by atoms with Crippen molar-refractivity contribution in [1.82, 2.24) is 0 Å². The van der Waals surface area contributed by atoms with Gasteiger partial charge in [-0.2, -0.15) is 8.42 Å². The molecule has 18 heavy (non-hydrogen) atoms. The first-order chi connectivity index (χ1) is 8.47. The lowest BCUT2D eigenvalue weighted by molar-refractivity contribution is 0.0596. The third kappa shape index (κ3) is 2.64. The quantitative estimate of drug-likeness (QED) is 0.463. The number of nitrogens with zero attached hydrogens (tertiary/aromatic N) is 1. The fourth-order valence-corrected chi connectivity index (χ4v) is 2.70. The molecular weight excluding hydrogens is 258 g/mol. The molecule has 0 aliphatic carbocycles. The monoisotopic (exact) mass is 269 g/mol. The molecule has 0 fully saturated rings. The summed E-state index contributed by atoms with van der Waals surface area (Å²) >= 11 is 0. The van der Waals surface area contributed by atoms with Crippen LogP contribution in [0.1, 0.15) is 22.8 Å². The van der Waals surface area contributed by atoms with Crippen LogP contribution < -0.4 is 0 Å². The first kappa shape index (κ1) is 14.1. The fraction of sp³-hybridized carbons (Fsp3) is 0.273. The summed E-state index contributed by atoms with van der Waals surface area (Å²) in [7, 11) is -3.10. The first-order valence-electron chi connectivity index (χ1n) is 5.02. The fourth-order valence-electron chi connectivity index (χ4n) is 1.53. The number of methoxy groups -OCH3 is 1. The van der Waals surface area contributed by atoms with Crippen molar-refractivity contribution >= 4 is 22.1 Å². The number of ether oxygens (including phenoxy) is 1. The highest BCUT2D eigenvalue weighted by atomic mass is 32.2. The summed E-state index contributed by atoms with van der Waals surface area (Å²) in [5.74, 6) is -0.801.